The van der Waals surface area contributed by atoms with Gasteiger partial charge in [0.25, 0.3) is 5.91 Å². The fraction of sp³-hybridized carbons (Fsp3) is 0.579. The van der Waals surface area contributed by atoms with E-state index in [0.29, 0.717) is 6.61 Å². The number of amides is 1. The van der Waals surface area contributed by atoms with Crippen molar-refractivity contribution in [3.8, 4) is 0 Å². The lowest BCUT2D eigenvalue weighted by molar-refractivity contribution is -0.125. The SMILES string of the molecule is CCC(CC)NC(=O)COC(=O)c1ccc(S(=O)(=O)NC[C@@H]2CCCO2)cc1. The van der Waals surface area contributed by atoms with Crippen LogP contribution in [0.5, 0.6) is 0 Å². The number of esters is 1. The van der Waals surface area contributed by atoms with Crippen LogP contribution in [-0.2, 0) is 24.3 Å². The van der Waals surface area contributed by atoms with Gasteiger partial charge in [-0.2, -0.15) is 0 Å². The van der Waals surface area contributed by atoms with Crippen molar-refractivity contribution in [2.24, 2.45) is 0 Å². The first kappa shape index (κ1) is 22.3. The van der Waals surface area contributed by atoms with E-state index in [-0.39, 0.29) is 41.7 Å². The van der Waals surface area contributed by atoms with Crippen molar-refractivity contribution in [1.82, 2.24) is 10.0 Å². The predicted octanol–water partition coefficient (Wildman–Crippen LogP) is 1.61. The average molecular weight is 413 g/mol. The molecular weight excluding hydrogens is 384 g/mol. The molecule has 1 fully saturated rings. The van der Waals surface area contributed by atoms with Gasteiger partial charge in [-0.1, -0.05) is 13.8 Å². The lowest BCUT2D eigenvalue weighted by atomic mass is 10.2. The van der Waals surface area contributed by atoms with Crippen LogP contribution in [0, 0.1) is 0 Å². The van der Waals surface area contributed by atoms with Crippen LogP contribution in [0.1, 0.15) is 49.9 Å². The van der Waals surface area contributed by atoms with Gasteiger partial charge in [-0.15, -0.1) is 0 Å². The van der Waals surface area contributed by atoms with E-state index in [1.54, 1.807) is 0 Å². The minimum atomic E-state index is -3.68. The molecule has 0 saturated carbocycles. The summed E-state index contributed by atoms with van der Waals surface area (Å²) in [6.07, 6.45) is 3.26. The molecule has 1 aromatic rings. The summed E-state index contributed by atoms with van der Waals surface area (Å²) in [5, 5.41) is 2.78. The zero-order valence-electron chi connectivity index (χ0n) is 16.3. The van der Waals surface area contributed by atoms with Crippen molar-refractivity contribution < 1.29 is 27.5 Å². The maximum absolute atomic E-state index is 12.3. The summed E-state index contributed by atoms with van der Waals surface area (Å²) in [7, 11) is -3.68. The van der Waals surface area contributed by atoms with Crippen LogP contribution >= 0.6 is 0 Å². The first-order valence-electron chi connectivity index (χ1n) is 9.53. The highest BCUT2D eigenvalue weighted by atomic mass is 32.2. The fourth-order valence-corrected chi connectivity index (χ4v) is 3.90. The summed E-state index contributed by atoms with van der Waals surface area (Å²) in [6, 6.07) is 5.44. The molecule has 0 bridgehead atoms. The molecular formula is C19H28N2O6S. The third-order valence-electron chi connectivity index (χ3n) is 4.61. The third kappa shape index (κ3) is 6.57. The number of sulfonamides is 1. The van der Waals surface area contributed by atoms with Gasteiger partial charge in [-0.3, -0.25) is 4.79 Å². The molecule has 0 unspecified atom stereocenters. The van der Waals surface area contributed by atoms with E-state index < -0.39 is 16.0 Å². The molecule has 28 heavy (non-hydrogen) atoms. The summed E-state index contributed by atoms with van der Waals surface area (Å²) >= 11 is 0. The molecule has 1 aliphatic heterocycles. The summed E-state index contributed by atoms with van der Waals surface area (Å²) in [4.78, 5) is 23.9. The quantitative estimate of drug-likeness (QED) is 0.565. The van der Waals surface area contributed by atoms with Gasteiger partial charge in [0.1, 0.15) is 0 Å². The summed E-state index contributed by atoms with van der Waals surface area (Å²) in [5.74, 6) is -1.05. The van der Waals surface area contributed by atoms with E-state index in [4.69, 9.17) is 9.47 Å². The molecule has 0 aromatic heterocycles. The summed E-state index contributed by atoms with van der Waals surface area (Å²) < 4.78 is 37.5. The third-order valence-corrected chi connectivity index (χ3v) is 6.05. The number of nitrogens with one attached hydrogen (secondary N) is 2. The van der Waals surface area contributed by atoms with Crippen LogP contribution in [0.15, 0.2) is 29.2 Å². The second-order valence-electron chi connectivity index (χ2n) is 6.67. The van der Waals surface area contributed by atoms with Crippen molar-refractivity contribution in [3.63, 3.8) is 0 Å². The Kier molecular flexibility index (Phi) is 8.40. The zero-order chi connectivity index (χ0) is 20.6. The Hall–Kier alpha value is -1.97. The minimum absolute atomic E-state index is 0.0496. The van der Waals surface area contributed by atoms with Crippen LogP contribution in [0.25, 0.3) is 0 Å². The smallest absolute Gasteiger partial charge is 0.338 e. The number of hydrogen-bond donors (Lipinski definition) is 2. The molecule has 1 aromatic carbocycles. The molecule has 1 amide bonds. The predicted molar refractivity (Wildman–Crippen MR) is 103 cm³/mol. The molecule has 1 saturated heterocycles. The van der Waals surface area contributed by atoms with Crippen molar-refractivity contribution >= 4 is 21.9 Å². The Labute approximate surface area is 166 Å². The zero-order valence-corrected chi connectivity index (χ0v) is 17.1. The van der Waals surface area contributed by atoms with E-state index in [0.717, 1.165) is 25.7 Å². The maximum Gasteiger partial charge on any atom is 0.338 e. The Morgan fingerprint density at radius 1 is 1.21 bits per heavy atom. The van der Waals surface area contributed by atoms with Crippen molar-refractivity contribution in [2.45, 2.75) is 56.6 Å². The van der Waals surface area contributed by atoms with Crippen LogP contribution in [0.4, 0.5) is 0 Å². The first-order valence-corrected chi connectivity index (χ1v) is 11.0. The second-order valence-corrected chi connectivity index (χ2v) is 8.44. The van der Waals surface area contributed by atoms with Gasteiger partial charge in [0.05, 0.1) is 16.6 Å². The number of carbonyl (C=O) groups is 2. The maximum atomic E-state index is 12.3. The summed E-state index contributed by atoms with van der Waals surface area (Å²) in [5.41, 5.74) is 0.174. The normalized spacial score (nSPS) is 16.9. The highest BCUT2D eigenvalue weighted by Gasteiger charge is 2.21. The molecule has 2 N–H and O–H groups in total. The first-order chi connectivity index (χ1) is 13.4. The molecule has 156 valence electrons. The van der Waals surface area contributed by atoms with Gasteiger partial charge >= 0.3 is 5.97 Å². The lowest BCUT2D eigenvalue weighted by Crippen LogP contribution is -2.36. The minimum Gasteiger partial charge on any atom is -0.452 e. The molecule has 0 aliphatic carbocycles. The average Bonchev–Trinajstić information content (AvgIpc) is 3.22. The molecule has 0 radical (unpaired) electrons. The van der Waals surface area contributed by atoms with E-state index in [1.807, 2.05) is 13.8 Å². The van der Waals surface area contributed by atoms with Crippen molar-refractivity contribution in [2.75, 3.05) is 19.8 Å². The van der Waals surface area contributed by atoms with Gasteiger partial charge in [-0.25, -0.2) is 17.9 Å². The van der Waals surface area contributed by atoms with Gasteiger partial charge in [-0.05, 0) is 49.9 Å². The number of carbonyl (C=O) groups excluding carboxylic acids is 2. The van der Waals surface area contributed by atoms with E-state index >= 15 is 0 Å². The van der Waals surface area contributed by atoms with Crippen molar-refractivity contribution in [3.05, 3.63) is 29.8 Å². The van der Waals surface area contributed by atoms with Gasteiger partial charge < -0.3 is 14.8 Å². The van der Waals surface area contributed by atoms with Gasteiger partial charge in [0.15, 0.2) is 6.61 Å². The van der Waals surface area contributed by atoms with Crippen LogP contribution in [0.3, 0.4) is 0 Å². The second kappa shape index (κ2) is 10.5. The molecule has 9 heteroatoms. The Morgan fingerprint density at radius 3 is 2.46 bits per heavy atom. The molecule has 1 heterocycles. The van der Waals surface area contributed by atoms with Crippen LogP contribution < -0.4 is 10.0 Å². The standard InChI is InChI=1S/C19H28N2O6S/c1-3-15(4-2)21-18(22)13-27-19(23)14-7-9-17(10-8-14)28(24,25)20-12-16-6-5-11-26-16/h7-10,15-16,20H,3-6,11-13H2,1-2H3,(H,21,22)/t16-/m0/s1. The molecule has 0 spiro atoms. The summed E-state index contributed by atoms with van der Waals surface area (Å²) in [6.45, 7) is 4.42. The number of hydrogen-bond acceptors (Lipinski definition) is 6. The molecule has 8 nitrogen and oxygen atoms in total. The Balaban J connectivity index is 1.86. The van der Waals surface area contributed by atoms with E-state index in [1.165, 1.54) is 24.3 Å². The Bertz CT molecular complexity index is 753. The molecule has 2 rings (SSSR count). The largest absolute Gasteiger partial charge is 0.452 e. The molecule has 1 aliphatic rings. The number of benzene rings is 1. The van der Waals surface area contributed by atoms with E-state index in [9.17, 15) is 18.0 Å². The fourth-order valence-electron chi connectivity index (χ4n) is 2.84. The van der Waals surface area contributed by atoms with Crippen LogP contribution in [-0.4, -0.2) is 52.2 Å². The topological polar surface area (TPSA) is 111 Å². The molecule has 1 atom stereocenters. The highest BCUT2D eigenvalue weighted by molar-refractivity contribution is 7.89. The monoisotopic (exact) mass is 412 g/mol. The van der Waals surface area contributed by atoms with Crippen LogP contribution in [0.2, 0.25) is 0 Å². The van der Waals surface area contributed by atoms with Crippen molar-refractivity contribution in [1.29, 1.82) is 0 Å². The number of rotatable bonds is 10. The number of ether oxygens (including phenoxy) is 2. The highest BCUT2D eigenvalue weighted by Crippen LogP contribution is 2.14. The Morgan fingerprint density at radius 2 is 1.89 bits per heavy atom. The lowest BCUT2D eigenvalue weighted by Gasteiger charge is -2.14. The van der Waals surface area contributed by atoms with E-state index in [2.05, 4.69) is 10.0 Å². The van der Waals surface area contributed by atoms with Gasteiger partial charge in [0.2, 0.25) is 10.0 Å². The van der Waals surface area contributed by atoms with Gasteiger partial charge in [0, 0.05) is 19.2 Å².